The Kier molecular flexibility index (Phi) is 2.20. The summed E-state index contributed by atoms with van der Waals surface area (Å²) in [7, 11) is 0. The lowest BCUT2D eigenvalue weighted by Crippen LogP contribution is -2.24. The molecule has 1 saturated carbocycles. The maximum absolute atomic E-state index is 9.69. The highest BCUT2D eigenvalue weighted by Gasteiger charge is 2.38. The fourth-order valence-electron chi connectivity index (χ4n) is 1.57. The van der Waals surface area contributed by atoms with Crippen LogP contribution in [-0.2, 0) is 6.42 Å². The second-order valence-corrected chi connectivity index (χ2v) is 4.68. The number of nitrogens with two attached hydrogens (primary N) is 1. The van der Waals surface area contributed by atoms with E-state index in [4.69, 9.17) is 17.3 Å². The van der Waals surface area contributed by atoms with Crippen molar-refractivity contribution in [1.82, 2.24) is 0 Å². The summed E-state index contributed by atoms with van der Waals surface area (Å²) in [6, 6.07) is 3.52. The summed E-state index contributed by atoms with van der Waals surface area (Å²) >= 11 is 5.98. The molecule has 0 atom stereocenters. The molecule has 2 nitrogen and oxygen atoms in total. The average molecular weight is 212 g/mol. The quantitative estimate of drug-likeness (QED) is 0.789. The van der Waals surface area contributed by atoms with Gasteiger partial charge in [0, 0.05) is 10.6 Å². The summed E-state index contributed by atoms with van der Waals surface area (Å²) < 4.78 is 0. The predicted molar refractivity (Wildman–Crippen MR) is 57.7 cm³/mol. The van der Waals surface area contributed by atoms with E-state index in [1.165, 1.54) is 0 Å². The van der Waals surface area contributed by atoms with Crippen LogP contribution in [0.25, 0.3) is 0 Å². The van der Waals surface area contributed by atoms with Crippen LogP contribution in [0.1, 0.15) is 24.0 Å². The molecular weight excluding hydrogens is 198 g/mol. The van der Waals surface area contributed by atoms with Crippen LogP contribution in [0, 0.1) is 6.92 Å². The van der Waals surface area contributed by atoms with Crippen molar-refractivity contribution in [2.75, 3.05) is 0 Å². The lowest BCUT2D eigenvalue weighted by atomic mass is 10.0. The molecule has 0 amide bonds. The molecule has 2 rings (SSSR count). The van der Waals surface area contributed by atoms with E-state index < -0.39 is 0 Å². The second kappa shape index (κ2) is 3.14. The van der Waals surface area contributed by atoms with E-state index in [1.807, 2.05) is 13.0 Å². The van der Waals surface area contributed by atoms with Gasteiger partial charge in [0.2, 0.25) is 0 Å². The van der Waals surface area contributed by atoms with Gasteiger partial charge in [-0.3, -0.25) is 0 Å². The molecule has 14 heavy (non-hydrogen) atoms. The molecule has 3 heteroatoms. The molecule has 0 aliphatic heterocycles. The van der Waals surface area contributed by atoms with Gasteiger partial charge in [-0.15, -0.1) is 0 Å². The normalized spacial score (nSPS) is 18.2. The number of hydrogen-bond acceptors (Lipinski definition) is 2. The van der Waals surface area contributed by atoms with Crippen molar-refractivity contribution in [1.29, 1.82) is 0 Å². The minimum absolute atomic E-state index is 0.0872. The molecule has 1 aliphatic carbocycles. The number of aryl methyl sites for hydroxylation is 1. The molecule has 0 bridgehead atoms. The average Bonchev–Trinajstić information content (AvgIpc) is 2.80. The van der Waals surface area contributed by atoms with Gasteiger partial charge in [0.1, 0.15) is 5.75 Å². The standard InChI is InChI=1S/C11H14ClNO/c1-7-4-10(14)8(5-9(7)12)6-11(13)2-3-11/h4-5,14H,2-3,6,13H2,1H3. The van der Waals surface area contributed by atoms with E-state index in [1.54, 1.807) is 6.07 Å². The van der Waals surface area contributed by atoms with Gasteiger partial charge >= 0.3 is 0 Å². The maximum atomic E-state index is 9.69. The Morgan fingerprint density at radius 1 is 1.50 bits per heavy atom. The van der Waals surface area contributed by atoms with Crippen molar-refractivity contribution in [2.24, 2.45) is 5.73 Å². The summed E-state index contributed by atoms with van der Waals surface area (Å²) in [5.41, 5.74) is 7.65. The zero-order valence-electron chi connectivity index (χ0n) is 8.18. The van der Waals surface area contributed by atoms with Crippen molar-refractivity contribution < 1.29 is 5.11 Å². The molecule has 0 aromatic heterocycles. The molecule has 3 N–H and O–H groups in total. The largest absolute Gasteiger partial charge is 0.508 e. The molecule has 1 aliphatic rings. The molecule has 76 valence electrons. The summed E-state index contributed by atoms with van der Waals surface area (Å²) in [6.07, 6.45) is 2.80. The van der Waals surface area contributed by atoms with Gasteiger partial charge in [0.05, 0.1) is 0 Å². The van der Waals surface area contributed by atoms with Crippen molar-refractivity contribution in [3.63, 3.8) is 0 Å². The summed E-state index contributed by atoms with van der Waals surface area (Å²) in [5, 5.41) is 10.4. The van der Waals surface area contributed by atoms with E-state index >= 15 is 0 Å². The Bertz CT molecular complexity index is 372. The van der Waals surface area contributed by atoms with Crippen LogP contribution in [0.2, 0.25) is 5.02 Å². The van der Waals surface area contributed by atoms with Crippen LogP contribution in [0.4, 0.5) is 0 Å². The first-order valence-electron chi connectivity index (χ1n) is 4.77. The van der Waals surface area contributed by atoms with E-state index in [9.17, 15) is 5.11 Å². The maximum Gasteiger partial charge on any atom is 0.119 e. The third kappa shape index (κ3) is 1.86. The minimum Gasteiger partial charge on any atom is -0.508 e. The van der Waals surface area contributed by atoms with Gasteiger partial charge in [0.15, 0.2) is 0 Å². The molecule has 1 fully saturated rings. The molecule has 1 aromatic rings. The summed E-state index contributed by atoms with van der Waals surface area (Å²) in [6.45, 7) is 1.88. The minimum atomic E-state index is -0.0872. The van der Waals surface area contributed by atoms with Crippen LogP contribution in [0.5, 0.6) is 5.75 Å². The highest BCUT2D eigenvalue weighted by molar-refractivity contribution is 6.31. The Labute approximate surface area is 88.7 Å². The number of halogens is 1. The molecule has 0 unspecified atom stereocenters. The number of benzene rings is 1. The van der Waals surface area contributed by atoms with Gasteiger partial charge in [-0.05, 0) is 49.4 Å². The van der Waals surface area contributed by atoms with Gasteiger partial charge in [-0.25, -0.2) is 0 Å². The number of phenols is 1. The summed E-state index contributed by atoms with van der Waals surface area (Å²) in [5.74, 6) is 0.309. The molecular formula is C11H14ClNO. The van der Waals surface area contributed by atoms with Crippen molar-refractivity contribution in [3.8, 4) is 5.75 Å². The van der Waals surface area contributed by atoms with E-state index in [2.05, 4.69) is 0 Å². The SMILES string of the molecule is Cc1cc(O)c(CC2(N)CC2)cc1Cl. The highest BCUT2D eigenvalue weighted by Crippen LogP contribution is 2.38. The topological polar surface area (TPSA) is 46.2 Å². The predicted octanol–water partition coefficient (Wildman–Crippen LogP) is 2.39. The number of hydrogen-bond donors (Lipinski definition) is 2. The third-order valence-corrected chi connectivity index (χ3v) is 3.20. The molecule has 0 saturated heterocycles. The number of phenolic OH excluding ortho intramolecular Hbond substituents is 1. The Hall–Kier alpha value is -0.730. The Balaban J connectivity index is 2.29. The highest BCUT2D eigenvalue weighted by atomic mass is 35.5. The molecule has 0 spiro atoms. The zero-order valence-corrected chi connectivity index (χ0v) is 8.93. The van der Waals surface area contributed by atoms with E-state index in [0.29, 0.717) is 10.8 Å². The van der Waals surface area contributed by atoms with E-state index in [0.717, 1.165) is 30.4 Å². The first-order chi connectivity index (χ1) is 6.50. The molecule has 1 aromatic carbocycles. The lowest BCUT2D eigenvalue weighted by molar-refractivity contribution is 0.463. The monoisotopic (exact) mass is 211 g/mol. The van der Waals surface area contributed by atoms with Crippen LogP contribution >= 0.6 is 11.6 Å². The van der Waals surface area contributed by atoms with Crippen molar-refractivity contribution >= 4 is 11.6 Å². The second-order valence-electron chi connectivity index (χ2n) is 4.27. The molecule has 0 heterocycles. The lowest BCUT2D eigenvalue weighted by Gasteiger charge is -2.11. The van der Waals surface area contributed by atoms with Crippen LogP contribution in [-0.4, -0.2) is 10.6 Å². The Morgan fingerprint density at radius 3 is 2.71 bits per heavy atom. The van der Waals surface area contributed by atoms with Crippen LogP contribution < -0.4 is 5.73 Å². The fraction of sp³-hybridized carbons (Fsp3) is 0.455. The van der Waals surface area contributed by atoms with Gasteiger partial charge in [-0.1, -0.05) is 11.6 Å². The van der Waals surface area contributed by atoms with Gasteiger partial charge in [-0.2, -0.15) is 0 Å². The Morgan fingerprint density at radius 2 is 2.14 bits per heavy atom. The molecule has 0 radical (unpaired) electrons. The smallest absolute Gasteiger partial charge is 0.119 e. The van der Waals surface area contributed by atoms with Crippen LogP contribution in [0.3, 0.4) is 0 Å². The zero-order chi connectivity index (χ0) is 10.3. The number of aromatic hydroxyl groups is 1. The first-order valence-corrected chi connectivity index (χ1v) is 5.15. The van der Waals surface area contributed by atoms with E-state index in [-0.39, 0.29) is 5.54 Å². The summed E-state index contributed by atoms with van der Waals surface area (Å²) in [4.78, 5) is 0. The van der Waals surface area contributed by atoms with Gasteiger partial charge in [0.25, 0.3) is 0 Å². The van der Waals surface area contributed by atoms with Crippen molar-refractivity contribution in [3.05, 3.63) is 28.3 Å². The van der Waals surface area contributed by atoms with Crippen molar-refractivity contribution in [2.45, 2.75) is 31.7 Å². The third-order valence-electron chi connectivity index (χ3n) is 2.79. The first kappa shape index (κ1) is 9.81. The van der Waals surface area contributed by atoms with Crippen LogP contribution in [0.15, 0.2) is 12.1 Å². The number of rotatable bonds is 2. The van der Waals surface area contributed by atoms with Gasteiger partial charge < -0.3 is 10.8 Å². The fourth-order valence-corrected chi connectivity index (χ4v) is 1.75.